The lowest BCUT2D eigenvalue weighted by Gasteiger charge is -2.12. The van der Waals surface area contributed by atoms with E-state index in [1.807, 2.05) is 6.92 Å². The number of nitrogens with two attached hydrogens (primary N) is 1. The molecule has 0 radical (unpaired) electrons. The van der Waals surface area contributed by atoms with Crippen molar-refractivity contribution < 1.29 is 0 Å². The normalized spacial score (nSPS) is 11.9. The fourth-order valence-electron chi connectivity index (χ4n) is 1.46. The molecular formula is C12H24N2. The number of rotatable bonds is 8. The standard InChI is InChI=1S/C12H24N2/c1-3-5-7-8-9-11-12(14-13)10-6-4-2/h12,14H,3,5,7-11,13H2,1-2H3. The van der Waals surface area contributed by atoms with E-state index in [4.69, 9.17) is 5.84 Å². The molecule has 0 aliphatic heterocycles. The van der Waals surface area contributed by atoms with E-state index in [9.17, 15) is 0 Å². The molecule has 0 aromatic carbocycles. The Kier molecular flexibility index (Phi) is 10.2. The Hall–Kier alpha value is -0.520. The Labute approximate surface area is 88.6 Å². The van der Waals surface area contributed by atoms with Gasteiger partial charge in [-0.3, -0.25) is 11.3 Å². The number of hydrogen-bond acceptors (Lipinski definition) is 2. The van der Waals surface area contributed by atoms with E-state index in [-0.39, 0.29) is 0 Å². The molecule has 0 rings (SSSR count). The molecule has 2 nitrogen and oxygen atoms in total. The summed E-state index contributed by atoms with van der Waals surface area (Å²) in [5.41, 5.74) is 2.83. The molecule has 82 valence electrons. The van der Waals surface area contributed by atoms with Gasteiger partial charge in [0.15, 0.2) is 0 Å². The van der Waals surface area contributed by atoms with E-state index in [1.165, 1.54) is 32.1 Å². The Balaban J connectivity index is 3.36. The van der Waals surface area contributed by atoms with Gasteiger partial charge in [-0.1, -0.05) is 39.0 Å². The predicted molar refractivity (Wildman–Crippen MR) is 62.6 cm³/mol. The van der Waals surface area contributed by atoms with Gasteiger partial charge >= 0.3 is 0 Å². The molecule has 0 aliphatic rings. The molecule has 1 unspecified atom stereocenters. The Bertz CT molecular complexity index is 167. The largest absolute Gasteiger partial charge is 0.271 e. The van der Waals surface area contributed by atoms with Crippen LogP contribution >= 0.6 is 0 Å². The molecule has 0 fully saturated rings. The fraction of sp³-hybridized carbons (Fsp3) is 0.833. The lowest BCUT2D eigenvalue weighted by Crippen LogP contribution is -2.34. The second-order valence-electron chi connectivity index (χ2n) is 3.70. The van der Waals surface area contributed by atoms with Crippen LogP contribution in [-0.2, 0) is 0 Å². The van der Waals surface area contributed by atoms with Crippen LogP contribution in [0, 0.1) is 11.8 Å². The first-order chi connectivity index (χ1) is 6.85. The van der Waals surface area contributed by atoms with Crippen LogP contribution in [0.3, 0.4) is 0 Å². The molecule has 0 spiro atoms. The molecular weight excluding hydrogens is 172 g/mol. The minimum Gasteiger partial charge on any atom is -0.271 e. The van der Waals surface area contributed by atoms with Gasteiger partial charge in [0.25, 0.3) is 0 Å². The summed E-state index contributed by atoms with van der Waals surface area (Å²) in [7, 11) is 0. The molecule has 3 N–H and O–H groups in total. The average molecular weight is 196 g/mol. The third-order valence-electron chi connectivity index (χ3n) is 2.42. The zero-order valence-electron chi connectivity index (χ0n) is 9.60. The van der Waals surface area contributed by atoms with Crippen LogP contribution in [0.15, 0.2) is 0 Å². The Morgan fingerprint density at radius 1 is 1.21 bits per heavy atom. The SMILES string of the molecule is CC#CCC(CCCCCCC)NN. The molecule has 0 bridgehead atoms. The van der Waals surface area contributed by atoms with Gasteiger partial charge in [0.1, 0.15) is 0 Å². The first-order valence-corrected chi connectivity index (χ1v) is 5.70. The van der Waals surface area contributed by atoms with Crippen molar-refractivity contribution in [3.8, 4) is 11.8 Å². The van der Waals surface area contributed by atoms with Gasteiger partial charge in [0.05, 0.1) is 0 Å². The lowest BCUT2D eigenvalue weighted by molar-refractivity contribution is 0.470. The van der Waals surface area contributed by atoms with Crippen LogP contribution < -0.4 is 11.3 Å². The summed E-state index contributed by atoms with van der Waals surface area (Å²) in [6.07, 6.45) is 8.63. The Morgan fingerprint density at radius 2 is 1.93 bits per heavy atom. The minimum atomic E-state index is 0.379. The summed E-state index contributed by atoms with van der Waals surface area (Å²) in [6.45, 7) is 4.11. The van der Waals surface area contributed by atoms with Crippen LogP contribution in [0.2, 0.25) is 0 Å². The van der Waals surface area contributed by atoms with E-state index in [2.05, 4.69) is 24.2 Å². The topological polar surface area (TPSA) is 38.0 Å². The maximum absolute atomic E-state index is 5.44. The molecule has 0 saturated carbocycles. The molecule has 0 saturated heterocycles. The van der Waals surface area contributed by atoms with Crippen molar-refractivity contribution in [2.24, 2.45) is 5.84 Å². The second-order valence-corrected chi connectivity index (χ2v) is 3.70. The molecule has 0 aromatic rings. The highest BCUT2D eigenvalue weighted by Crippen LogP contribution is 2.08. The van der Waals surface area contributed by atoms with E-state index < -0.39 is 0 Å². The van der Waals surface area contributed by atoms with Crippen molar-refractivity contribution in [1.29, 1.82) is 0 Å². The van der Waals surface area contributed by atoms with Gasteiger partial charge < -0.3 is 0 Å². The minimum absolute atomic E-state index is 0.379. The van der Waals surface area contributed by atoms with E-state index in [0.29, 0.717) is 6.04 Å². The highest BCUT2D eigenvalue weighted by molar-refractivity contribution is 4.97. The predicted octanol–water partition coefficient (Wildman–Crippen LogP) is 2.59. The lowest BCUT2D eigenvalue weighted by atomic mass is 10.0. The summed E-state index contributed by atoms with van der Waals surface area (Å²) in [4.78, 5) is 0. The molecule has 0 aliphatic carbocycles. The van der Waals surface area contributed by atoms with Crippen LogP contribution in [-0.4, -0.2) is 6.04 Å². The Morgan fingerprint density at radius 3 is 2.50 bits per heavy atom. The molecule has 2 heteroatoms. The number of hydrogen-bond donors (Lipinski definition) is 2. The van der Waals surface area contributed by atoms with Crippen molar-refractivity contribution in [2.75, 3.05) is 0 Å². The van der Waals surface area contributed by atoms with Crippen molar-refractivity contribution >= 4 is 0 Å². The average Bonchev–Trinajstić information content (AvgIpc) is 2.22. The van der Waals surface area contributed by atoms with E-state index in [1.54, 1.807) is 0 Å². The van der Waals surface area contributed by atoms with Gasteiger partial charge in [-0.05, 0) is 13.3 Å². The molecule has 1 atom stereocenters. The summed E-state index contributed by atoms with van der Waals surface area (Å²) in [5.74, 6) is 11.4. The molecule has 14 heavy (non-hydrogen) atoms. The maximum atomic E-state index is 5.44. The summed E-state index contributed by atoms with van der Waals surface area (Å²) in [6, 6.07) is 0.379. The van der Waals surface area contributed by atoms with Crippen LogP contribution in [0.25, 0.3) is 0 Å². The second kappa shape index (κ2) is 10.6. The first-order valence-electron chi connectivity index (χ1n) is 5.70. The van der Waals surface area contributed by atoms with Gasteiger partial charge in [-0.2, -0.15) is 0 Å². The fourth-order valence-corrected chi connectivity index (χ4v) is 1.46. The van der Waals surface area contributed by atoms with Crippen molar-refractivity contribution in [1.82, 2.24) is 5.43 Å². The monoisotopic (exact) mass is 196 g/mol. The highest BCUT2D eigenvalue weighted by atomic mass is 15.2. The maximum Gasteiger partial charge on any atom is 0.0319 e. The summed E-state index contributed by atoms with van der Waals surface area (Å²) < 4.78 is 0. The third-order valence-corrected chi connectivity index (χ3v) is 2.42. The van der Waals surface area contributed by atoms with Crippen molar-refractivity contribution in [3.63, 3.8) is 0 Å². The van der Waals surface area contributed by atoms with Crippen molar-refractivity contribution in [3.05, 3.63) is 0 Å². The summed E-state index contributed by atoms with van der Waals surface area (Å²) >= 11 is 0. The van der Waals surface area contributed by atoms with Crippen LogP contribution in [0.4, 0.5) is 0 Å². The number of unbranched alkanes of at least 4 members (excludes halogenated alkanes) is 4. The van der Waals surface area contributed by atoms with Gasteiger partial charge in [-0.25, -0.2) is 0 Å². The van der Waals surface area contributed by atoms with E-state index in [0.717, 1.165) is 12.8 Å². The van der Waals surface area contributed by atoms with Crippen LogP contribution in [0.1, 0.15) is 58.8 Å². The zero-order valence-corrected chi connectivity index (χ0v) is 9.60. The third kappa shape index (κ3) is 8.10. The van der Waals surface area contributed by atoms with Gasteiger partial charge in [0, 0.05) is 12.5 Å². The quantitative estimate of drug-likeness (QED) is 0.271. The van der Waals surface area contributed by atoms with Gasteiger partial charge in [-0.15, -0.1) is 11.8 Å². The number of nitrogens with one attached hydrogen (secondary N) is 1. The molecule has 0 aromatic heterocycles. The zero-order chi connectivity index (χ0) is 10.6. The number of hydrazine groups is 1. The summed E-state index contributed by atoms with van der Waals surface area (Å²) in [5, 5.41) is 0. The van der Waals surface area contributed by atoms with E-state index >= 15 is 0 Å². The van der Waals surface area contributed by atoms with Crippen LogP contribution in [0.5, 0.6) is 0 Å². The van der Waals surface area contributed by atoms with Crippen molar-refractivity contribution in [2.45, 2.75) is 64.8 Å². The molecule has 0 heterocycles. The highest BCUT2D eigenvalue weighted by Gasteiger charge is 2.03. The van der Waals surface area contributed by atoms with Gasteiger partial charge in [0.2, 0.25) is 0 Å². The smallest absolute Gasteiger partial charge is 0.0319 e. The first kappa shape index (κ1) is 13.5. The molecule has 0 amide bonds.